The molecule has 1 fully saturated rings. The average Bonchev–Trinajstić information content (AvgIpc) is 2.54. The monoisotopic (exact) mass is 177 g/mol. The Morgan fingerprint density at radius 2 is 2.00 bits per heavy atom. The second kappa shape index (κ2) is 3.04. The number of nitrogens with one attached hydrogen (secondary N) is 1. The maximum absolute atomic E-state index is 9.17. The number of rotatable bonds is 1. The van der Waals surface area contributed by atoms with Gasteiger partial charge in [0, 0.05) is 12.0 Å². The Hall–Kier alpha value is -1.02. The van der Waals surface area contributed by atoms with E-state index in [1.54, 1.807) is 12.1 Å². The highest BCUT2D eigenvalue weighted by molar-refractivity contribution is 5.32. The lowest BCUT2D eigenvalue weighted by molar-refractivity contribution is 0.472. The van der Waals surface area contributed by atoms with Crippen LogP contribution >= 0.6 is 0 Å². The molecule has 1 heterocycles. The average molecular weight is 177 g/mol. The predicted molar refractivity (Wildman–Crippen MR) is 52.9 cm³/mol. The van der Waals surface area contributed by atoms with Crippen molar-refractivity contribution < 1.29 is 5.11 Å². The van der Waals surface area contributed by atoms with E-state index in [2.05, 4.69) is 12.2 Å². The zero-order chi connectivity index (χ0) is 9.31. The highest BCUT2D eigenvalue weighted by Crippen LogP contribution is 2.30. The zero-order valence-electron chi connectivity index (χ0n) is 7.88. The van der Waals surface area contributed by atoms with Crippen LogP contribution < -0.4 is 5.32 Å². The molecule has 1 saturated heterocycles. The normalized spacial score (nSPS) is 27.8. The van der Waals surface area contributed by atoms with Crippen molar-refractivity contribution in [2.24, 2.45) is 0 Å². The first-order valence-electron chi connectivity index (χ1n) is 4.71. The second-order valence-corrected chi connectivity index (χ2v) is 4.03. The lowest BCUT2D eigenvalue weighted by atomic mass is 9.82. The Bertz CT molecular complexity index is 285. The molecule has 1 unspecified atom stereocenters. The Morgan fingerprint density at radius 3 is 2.54 bits per heavy atom. The number of hydrogen-bond acceptors (Lipinski definition) is 2. The summed E-state index contributed by atoms with van der Waals surface area (Å²) in [6.07, 6.45) is 1.18. The summed E-state index contributed by atoms with van der Waals surface area (Å²) in [5.41, 5.74) is 1.57. The van der Waals surface area contributed by atoms with E-state index in [-0.39, 0.29) is 5.41 Å². The summed E-state index contributed by atoms with van der Waals surface area (Å²) in [6, 6.07) is 7.56. The first kappa shape index (κ1) is 8.57. The summed E-state index contributed by atoms with van der Waals surface area (Å²) >= 11 is 0. The molecule has 0 radical (unpaired) electrons. The second-order valence-electron chi connectivity index (χ2n) is 4.03. The number of phenolic OH excluding ortho intramolecular Hbond substituents is 1. The summed E-state index contributed by atoms with van der Waals surface area (Å²) in [5, 5.41) is 12.5. The van der Waals surface area contributed by atoms with Crippen molar-refractivity contribution in [3.8, 4) is 5.75 Å². The largest absolute Gasteiger partial charge is 0.508 e. The topological polar surface area (TPSA) is 32.3 Å². The van der Waals surface area contributed by atoms with E-state index in [0.717, 1.165) is 13.1 Å². The van der Waals surface area contributed by atoms with Gasteiger partial charge < -0.3 is 10.4 Å². The van der Waals surface area contributed by atoms with Crippen molar-refractivity contribution in [3.63, 3.8) is 0 Å². The van der Waals surface area contributed by atoms with E-state index < -0.39 is 0 Å². The molecule has 2 N–H and O–H groups in total. The zero-order valence-corrected chi connectivity index (χ0v) is 7.88. The summed E-state index contributed by atoms with van der Waals surface area (Å²) in [4.78, 5) is 0. The first-order chi connectivity index (χ1) is 6.21. The highest BCUT2D eigenvalue weighted by atomic mass is 16.3. The fourth-order valence-corrected chi connectivity index (χ4v) is 1.93. The molecule has 1 atom stereocenters. The van der Waals surface area contributed by atoms with Crippen LogP contribution in [0.1, 0.15) is 18.9 Å². The Labute approximate surface area is 78.6 Å². The molecule has 2 nitrogen and oxygen atoms in total. The molecule has 1 aromatic rings. The third-order valence-corrected chi connectivity index (χ3v) is 2.93. The summed E-state index contributed by atoms with van der Waals surface area (Å²) in [7, 11) is 0. The van der Waals surface area contributed by atoms with Crippen molar-refractivity contribution in [2.45, 2.75) is 18.8 Å². The lowest BCUT2D eigenvalue weighted by Gasteiger charge is -2.22. The van der Waals surface area contributed by atoms with Crippen LogP contribution in [0.4, 0.5) is 0 Å². The first-order valence-corrected chi connectivity index (χ1v) is 4.71. The van der Waals surface area contributed by atoms with Gasteiger partial charge in [-0.05, 0) is 30.7 Å². The van der Waals surface area contributed by atoms with Gasteiger partial charge >= 0.3 is 0 Å². The van der Waals surface area contributed by atoms with Crippen LogP contribution in [0, 0.1) is 0 Å². The van der Waals surface area contributed by atoms with E-state index in [4.69, 9.17) is 5.11 Å². The van der Waals surface area contributed by atoms with Gasteiger partial charge in [-0.25, -0.2) is 0 Å². The number of phenols is 1. The molecule has 0 saturated carbocycles. The minimum atomic E-state index is 0.258. The molecule has 0 aliphatic carbocycles. The van der Waals surface area contributed by atoms with E-state index in [9.17, 15) is 0 Å². The molecular weight excluding hydrogens is 162 g/mol. The SMILES string of the molecule is CC1(c2ccc(O)cc2)CCNC1. The van der Waals surface area contributed by atoms with Gasteiger partial charge in [0.05, 0.1) is 0 Å². The van der Waals surface area contributed by atoms with Crippen LogP contribution in [0.5, 0.6) is 5.75 Å². The van der Waals surface area contributed by atoms with Crippen molar-refractivity contribution in [3.05, 3.63) is 29.8 Å². The molecule has 2 heteroatoms. The van der Waals surface area contributed by atoms with Gasteiger partial charge in [-0.3, -0.25) is 0 Å². The van der Waals surface area contributed by atoms with Crippen LogP contribution in [0.3, 0.4) is 0 Å². The molecule has 13 heavy (non-hydrogen) atoms. The lowest BCUT2D eigenvalue weighted by Crippen LogP contribution is -2.24. The van der Waals surface area contributed by atoms with Crippen LogP contribution in [0.25, 0.3) is 0 Å². The third-order valence-electron chi connectivity index (χ3n) is 2.93. The Balaban J connectivity index is 2.29. The quantitative estimate of drug-likeness (QED) is 0.683. The van der Waals surface area contributed by atoms with Crippen LogP contribution in [0.15, 0.2) is 24.3 Å². The van der Waals surface area contributed by atoms with Gasteiger partial charge in [-0.2, -0.15) is 0 Å². The maximum atomic E-state index is 9.17. The van der Waals surface area contributed by atoms with Gasteiger partial charge in [0.15, 0.2) is 0 Å². The molecule has 0 spiro atoms. The molecule has 1 aliphatic rings. The molecule has 0 amide bonds. The van der Waals surface area contributed by atoms with Gasteiger partial charge in [-0.15, -0.1) is 0 Å². The third kappa shape index (κ3) is 1.54. The predicted octanol–water partition coefficient (Wildman–Crippen LogP) is 1.64. The minimum Gasteiger partial charge on any atom is -0.508 e. The fourth-order valence-electron chi connectivity index (χ4n) is 1.93. The van der Waals surface area contributed by atoms with Crippen molar-refractivity contribution in [1.29, 1.82) is 0 Å². The summed E-state index contributed by atoms with van der Waals surface area (Å²) < 4.78 is 0. The molecule has 0 bridgehead atoms. The molecule has 0 aromatic heterocycles. The van der Waals surface area contributed by atoms with E-state index in [1.165, 1.54) is 12.0 Å². The van der Waals surface area contributed by atoms with Gasteiger partial charge in [-0.1, -0.05) is 19.1 Å². The Morgan fingerprint density at radius 1 is 1.31 bits per heavy atom. The number of aromatic hydroxyl groups is 1. The smallest absolute Gasteiger partial charge is 0.115 e. The molecular formula is C11H15NO. The molecule has 1 aliphatic heterocycles. The van der Waals surface area contributed by atoms with Crippen molar-refractivity contribution in [2.75, 3.05) is 13.1 Å². The number of benzene rings is 1. The van der Waals surface area contributed by atoms with Gasteiger partial charge in [0.2, 0.25) is 0 Å². The summed E-state index contributed by atoms with van der Waals surface area (Å²) in [6.45, 7) is 4.40. The molecule has 2 rings (SSSR count). The van der Waals surface area contributed by atoms with Crippen LogP contribution in [0.2, 0.25) is 0 Å². The van der Waals surface area contributed by atoms with E-state index in [0.29, 0.717) is 5.75 Å². The molecule has 1 aromatic carbocycles. The van der Waals surface area contributed by atoms with Gasteiger partial charge in [0.1, 0.15) is 5.75 Å². The van der Waals surface area contributed by atoms with E-state index >= 15 is 0 Å². The highest BCUT2D eigenvalue weighted by Gasteiger charge is 2.29. The van der Waals surface area contributed by atoms with Crippen LogP contribution in [-0.2, 0) is 5.41 Å². The van der Waals surface area contributed by atoms with Gasteiger partial charge in [0.25, 0.3) is 0 Å². The summed E-state index contributed by atoms with van der Waals surface area (Å²) in [5.74, 6) is 0.346. The standard InChI is InChI=1S/C11H15NO/c1-11(6-7-12-8-11)9-2-4-10(13)5-3-9/h2-5,12-13H,6-8H2,1H3. The van der Waals surface area contributed by atoms with Crippen molar-refractivity contribution >= 4 is 0 Å². The van der Waals surface area contributed by atoms with Crippen molar-refractivity contribution in [1.82, 2.24) is 5.32 Å². The maximum Gasteiger partial charge on any atom is 0.115 e. The fraction of sp³-hybridized carbons (Fsp3) is 0.455. The minimum absolute atomic E-state index is 0.258. The molecule has 70 valence electrons. The number of hydrogen-bond donors (Lipinski definition) is 2. The Kier molecular flexibility index (Phi) is 2.00. The van der Waals surface area contributed by atoms with Crippen LogP contribution in [-0.4, -0.2) is 18.2 Å². The van der Waals surface area contributed by atoms with E-state index in [1.807, 2.05) is 12.1 Å².